The highest BCUT2D eigenvalue weighted by Gasteiger charge is 2.19. The van der Waals surface area contributed by atoms with Gasteiger partial charge in [-0.1, -0.05) is 33.2 Å². The van der Waals surface area contributed by atoms with Crippen molar-refractivity contribution in [3.63, 3.8) is 0 Å². The van der Waals surface area contributed by atoms with Gasteiger partial charge < -0.3 is 24.8 Å². The average Bonchev–Trinajstić information content (AvgIpc) is 2.69. The first-order valence-electron chi connectivity index (χ1n) is 8.87. The molecule has 2 N–H and O–H groups in total. The molecular formula is C20H23BrN2O5. The molecule has 0 spiro atoms. The van der Waals surface area contributed by atoms with Gasteiger partial charge in [0.05, 0.1) is 25.4 Å². The van der Waals surface area contributed by atoms with Crippen LogP contribution in [0.5, 0.6) is 17.2 Å². The molecule has 28 heavy (non-hydrogen) atoms. The van der Waals surface area contributed by atoms with E-state index in [0.717, 1.165) is 4.47 Å². The minimum Gasteiger partial charge on any atom is -0.490 e. The summed E-state index contributed by atoms with van der Waals surface area (Å²) in [5.74, 6) is 0.631. The lowest BCUT2D eigenvalue weighted by Gasteiger charge is -2.16. The molecule has 2 aromatic carbocycles. The van der Waals surface area contributed by atoms with Crippen molar-refractivity contribution in [3.05, 3.63) is 52.0 Å². The molecule has 0 unspecified atom stereocenters. The van der Waals surface area contributed by atoms with Crippen molar-refractivity contribution in [1.82, 2.24) is 0 Å². The second-order valence-electron chi connectivity index (χ2n) is 5.46. The second-order valence-corrected chi connectivity index (χ2v) is 6.38. The van der Waals surface area contributed by atoms with Crippen LogP contribution in [0.2, 0.25) is 0 Å². The lowest BCUT2D eigenvalue weighted by Crippen LogP contribution is -2.15. The predicted molar refractivity (Wildman–Crippen MR) is 110 cm³/mol. The van der Waals surface area contributed by atoms with E-state index in [1.807, 2.05) is 32.9 Å². The molecule has 2 rings (SSSR count). The Labute approximate surface area is 172 Å². The van der Waals surface area contributed by atoms with Gasteiger partial charge in [0.15, 0.2) is 17.3 Å². The fourth-order valence-electron chi connectivity index (χ4n) is 2.32. The van der Waals surface area contributed by atoms with Crippen LogP contribution in [0.15, 0.2) is 46.0 Å². The van der Waals surface area contributed by atoms with Crippen molar-refractivity contribution in [1.29, 1.82) is 0 Å². The summed E-state index contributed by atoms with van der Waals surface area (Å²) in [5, 5.41) is 3.73. The van der Waals surface area contributed by atoms with Crippen molar-refractivity contribution in [2.24, 2.45) is 10.9 Å². The number of carbonyl (C=O) groups excluding carboxylic acids is 1. The van der Waals surface area contributed by atoms with Crippen molar-refractivity contribution in [2.75, 3.05) is 19.8 Å². The third-order valence-corrected chi connectivity index (χ3v) is 4.04. The normalized spacial score (nSPS) is 11.1. The van der Waals surface area contributed by atoms with Crippen LogP contribution in [0, 0.1) is 0 Å². The number of oxime groups is 1. The summed E-state index contributed by atoms with van der Waals surface area (Å²) in [7, 11) is 0. The molecule has 0 amide bonds. The molecule has 0 radical (unpaired) electrons. The number of amidine groups is 1. The van der Waals surface area contributed by atoms with Gasteiger partial charge in [0.1, 0.15) is 0 Å². The molecule has 0 bridgehead atoms. The van der Waals surface area contributed by atoms with E-state index < -0.39 is 5.97 Å². The fraction of sp³-hybridized carbons (Fsp3) is 0.300. The monoisotopic (exact) mass is 450 g/mol. The molecule has 0 fully saturated rings. The first-order valence-corrected chi connectivity index (χ1v) is 9.66. The SMILES string of the molecule is CCOc1cc(C(=O)ON=C(N)c2ccc(Br)cc2)cc(OCC)c1OCC. The Kier molecular flexibility index (Phi) is 8.13. The average molecular weight is 451 g/mol. The van der Waals surface area contributed by atoms with Crippen LogP contribution >= 0.6 is 15.9 Å². The first kappa shape index (κ1) is 21.6. The molecule has 0 aromatic heterocycles. The molecule has 0 aliphatic rings. The molecule has 0 aliphatic carbocycles. The number of hydrogen-bond acceptors (Lipinski definition) is 6. The Balaban J connectivity index is 2.28. The van der Waals surface area contributed by atoms with Gasteiger partial charge in [-0.3, -0.25) is 0 Å². The highest BCUT2D eigenvalue weighted by molar-refractivity contribution is 9.10. The highest BCUT2D eigenvalue weighted by Crippen LogP contribution is 2.39. The molecule has 0 atom stereocenters. The summed E-state index contributed by atoms with van der Waals surface area (Å²) in [6, 6.07) is 10.2. The minimum absolute atomic E-state index is 0.0850. The molecule has 0 aliphatic heterocycles. The van der Waals surface area contributed by atoms with Gasteiger partial charge in [0.2, 0.25) is 5.75 Å². The van der Waals surface area contributed by atoms with Gasteiger partial charge in [-0.15, -0.1) is 0 Å². The standard InChI is InChI=1S/C20H23BrN2O5/c1-4-25-16-11-14(12-17(26-5-2)18(16)27-6-3)20(24)28-23-19(22)13-7-9-15(21)10-8-13/h7-12H,4-6H2,1-3H3,(H2,22,23). The molecule has 150 valence electrons. The van der Waals surface area contributed by atoms with Crippen LogP contribution in [0.1, 0.15) is 36.7 Å². The lowest BCUT2D eigenvalue weighted by atomic mass is 10.2. The van der Waals surface area contributed by atoms with E-state index in [9.17, 15) is 4.79 Å². The summed E-state index contributed by atoms with van der Waals surface area (Å²) in [5.41, 5.74) is 6.72. The van der Waals surface area contributed by atoms with Gasteiger partial charge in [-0.05, 0) is 45.0 Å². The van der Waals surface area contributed by atoms with E-state index >= 15 is 0 Å². The predicted octanol–water partition coefficient (Wildman–Crippen LogP) is 4.12. The topological polar surface area (TPSA) is 92.4 Å². The third-order valence-electron chi connectivity index (χ3n) is 3.51. The van der Waals surface area contributed by atoms with Crippen molar-refractivity contribution in [3.8, 4) is 17.2 Å². The maximum absolute atomic E-state index is 12.5. The number of halogens is 1. The smallest absolute Gasteiger partial charge is 0.366 e. The Morgan fingerprint density at radius 2 is 1.46 bits per heavy atom. The largest absolute Gasteiger partial charge is 0.490 e. The van der Waals surface area contributed by atoms with E-state index in [2.05, 4.69) is 21.1 Å². The van der Waals surface area contributed by atoms with Gasteiger partial charge >= 0.3 is 5.97 Å². The van der Waals surface area contributed by atoms with Crippen LogP contribution in [-0.4, -0.2) is 31.6 Å². The number of carbonyl (C=O) groups is 1. The lowest BCUT2D eigenvalue weighted by molar-refractivity contribution is 0.0515. The van der Waals surface area contributed by atoms with E-state index in [1.54, 1.807) is 12.1 Å². The Hall–Kier alpha value is -2.74. The maximum atomic E-state index is 12.5. The van der Waals surface area contributed by atoms with Crippen LogP contribution in [0.25, 0.3) is 0 Å². The van der Waals surface area contributed by atoms with Gasteiger partial charge in [0, 0.05) is 10.0 Å². The zero-order valence-corrected chi connectivity index (χ0v) is 17.6. The van der Waals surface area contributed by atoms with Crippen LogP contribution in [-0.2, 0) is 4.84 Å². The molecule has 0 heterocycles. The molecule has 2 aromatic rings. The van der Waals surface area contributed by atoms with Gasteiger partial charge in [0.25, 0.3) is 0 Å². The number of nitrogens with zero attached hydrogens (tertiary/aromatic N) is 1. The Bertz CT molecular complexity index is 810. The molecule has 8 heteroatoms. The summed E-state index contributed by atoms with van der Waals surface area (Å²) in [6.07, 6.45) is 0. The zero-order chi connectivity index (χ0) is 20.5. The summed E-state index contributed by atoms with van der Waals surface area (Å²) >= 11 is 3.34. The Morgan fingerprint density at radius 1 is 0.929 bits per heavy atom. The number of hydrogen-bond donors (Lipinski definition) is 1. The molecular weight excluding hydrogens is 428 g/mol. The molecule has 7 nitrogen and oxygen atoms in total. The number of rotatable bonds is 9. The first-order chi connectivity index (χ1) is 13.5. The Morgan fingerprint density at radius 3 is 1.96 bits per heavy atom. The molecule has 0 saturated carbocycles. The van der Waals surface area contributed by atoms with Crippen LogP contribution in [0.3, 0.4) is 0 Å². The number of nitrogens with two attached hydrogens (primary N) is 1. The van der Waals surface area contributed by atoms with Crippen molar-refractivity contribution < 1.29 is 23.8 Å². The van der Waals surface area contributed by atoms with E-state index in [-0.39, 0.29) is 11.4 Å². The number of ether oxygens (including phenoxy) is 3. The highest BCUT2D eigenvalue weighted by atomic mass is 79.9. The van der Waals surface area contributed by atoms with Gasteiger partial charge in [-0.25, -0.2) is 4.79 Å². The quantitative estimate of drug-likeness (QED) is 0.267. The van der Waals surface area contributed by atoms with Crippen molar-refractivity contribution in [2.45, 2.75) is 20.8 Å². The van der Waals surface area contributed by atoms with Gasteiger partial charge in [-0.2, -0.15) is 0 Å². The van der Waals surface area contributed by atoms with Crippen LogP contribution in [0.4, 0.5) is 0 Å². The minimum atomic E-state index is -0.690. The van der Waals surface area contributed by atoms with Crippen LogP contribution < -0.4 is 19.9 Å². The van der Waals surface area contributed by atoms with Crippen molar-refractivity contribution >= 4 is 27.7 Å². The fourth-order valence-corrected chi connectivity index (χ4v) is 2.59. The zero-order valence-electron chi connectivity index (χ0n) is 16.0. The number of benzene rings is 2. The summed E-state index contributed by atoms with van der Waals surface area (Å²) in [4.78, 5) is 17.5. The molecule has 0 saturated heterocycles. The summed E-state index contributed by atoms with van der Waals surface area (Å²) < 4.78 is 17.7. The van der Waals surface area contributed by atoms with E-state index in [1.165, 1.54) is 12.1 Å². The third kappa shape index (κ3) is 5.63. The second kappa shape index (κ2) is 10.6. The van der Waals surface area contributed by atoms with E-state index in [0.29, 0.717) is 42.6 Å². The van der Waals surface area contributed by atoms with E-state index in [4.69, 9.17) is 24.8 Å². The maximum Gasteiger partial charge on any atom is 0.366 e. The summed E-state index contributed by atoms with van der Waals surface area (Å²) in [6.45, 7) is 6.76.